The smallest absolute Gasteiger partial charge is 0.406 e. The van der Waals surface area contributed by atoms with Gasteiger partial charge in [0.25, 0.3) is 0 Å². The maximum absolute atomic E-state index is 12.1. The van der Waals surface area contributed by atoms with Gasteiger partial charge in [-0.1, -0.05) is 12.1 Å². The molecule has 2 atom stereocenters. The molecule has 0 aliphatic rings. The molecule has 0 saturated heterocycles. The van der Waals surface area contributed by atoms with E-state index in [1.54, 1.807) is 7.11 Å². The SMILES string of the molecule is CCNC(=NCC(O)c1ccc(OC(F)(F)F)cc1)NC(C)COC. The standard InChI is InChI=1S/C16H24F3N3O3/c1-4-20-15(22-11(2)10-24-3)21-9-14(23)12-5-7-13(8-6-12)25-16(17,18)19/h5-8,11,14,23H,4,9-10H2,1-3H3,(H2,20,21,22). The first-order valence-corrected chi connectivity index (χ1v) is 7.82. The van der Waals surface area contributed by atoms with Gasteiger partial charge in [-0.05, 0) is 31.5 Å². The van der Waals surface area contributed by atoms with Gasteiger partial charge in [0, 0.05) is 19.7 Å². The number of methoxy groups -OCH3 is 1. The molecular formula is C16H24F3N3O3. The van der Waals surface area contributed by atoms with E-state index in [0.29, 0.717) is 24.7 Å². The molecule has 3 N–H and O–H groups in total. The number of aliphatic hydroxyl groups excluding tert-OH is 1. The third-order valence-electron chi connectivity index (χ3n) is 3.06. The maximum atomic E-state index is 12.1. The second-order valence-corrected chi connectivity index (χ2v) is 5.35. The molecule has 0 aromatic heterocycles. The number of rotatable bonds is 8. The Morgan fingerprint density at radius 2 is 1.92 bits per heavy atom. The van der Waals surface area contributed by atoms with Crippen LogP contribution in [0.2, 0.25) is 0 Å². The summed E-state index contributed by atoms with van der Waals surface area (Å²) in [5, 5.41) is 16.3. The van der Waals surface area contributed by atoms with E-state index in [-0.39, 0.29) is 18.3 Å². The Labute approximate surface area is 145 Å². The van der Waals surface area contributed by atoms with Crippen molar-refractivity contribution < 1.29 is 27.8 Å². The zero-order chi connectivity index (χ0) is 18.9. The van der Waals surface area contributed by atoms with Gasteiger partial charge in [0.1, 0.15) is 5.75 Å². The number of ether oxygens (including phenoxy) is 2. The first-order valence-electron chi connectivity index (χ1n) is 7.82. The number of halogens is 3. The van der Waals surface area contributed by atoms with Crippen LogP contribution in [0.15, 0.2) is 29.3 Å². The first-order chi connectivity index (χ1) is 11.7. The Balaban J connectivity index is 2.67. The summed E-state index contributed by atoms with van der Waals surface area (Å²) in [6.07, 6.45) is -5.69. The number of nitrogens with zero attached hydrogens (tertiary/aromatic N) is 1. The maximum Gasteiger partial charge on any atom is 0.573 e. The molecule has 1 aromatic rings. The number of alkyl halides is 3. The van der Waals surface area contributed by atoms with Gasteiger partial charge in [-0.3, -0.25) is 4.99 Å². The predicted molar refractivity (Wildman–Crippen MR) is 88.5 cm³/mol. The van der Waals surface area contributed by atoms with Gasteiger partial charge >= 0.3 is 6.36 Å². The van der Waals surface area contributed by atoms with Crippen molar-refractivity contribution in [1.82, 2.24) is 10.6 Å². The van der Waals surface area contributed by atoms with Crippen molar-refractivity contribution in [2.45, 2.75) is 32.4 Å². The normalized spacial score (nSPS) is 14.8. The van der Waals surface area contributed by atoms with E-state index >= 15 is 0 Å². The van der Waals surface area contributed by atoms with Crippen LogP contribution in [0.3, 0.4) is 0 Å². The topological polar surface area (TPSA) is 75.1 Å². The third-order valence-corrected chi connectivity index (χ3v) is 3.06. The molecule has 0 spiro atoms. The Bertz CT molecular complexity index is 536. The average Bonchev–Trinajstić information content (AvgIpc) is 2.52. The lowest BCUT2D eigenvalue weighted by molar-refractivity contribution is -0.274. The summed E-state index contributed by atoms with van der Waals surface area (Å²) in [5.74, 6) is 0.179. The molecule has 0 aliphatic carbocycles. The van der Waals surface area contributed by atoms with Crippen LogP contribution in [0, 0.1) is 0 Å². The molecule has 25 heavy (non-hydrogen) atoms. The van der Waals surface area contributed by atoms with Crippen LogP contribution in [0.25, 0.3) is 0 Å². The molecule has 0 fully saturated rings. The molecule has 142 valence electrons. The highest BCUT2D eigenvalue weighted by atomic mass is 19.4. The number of aliphatic imine (C=N–C) groups is 1. The monoisotopic (exact) mass is 363 g/mol. The Kier molecular flexibility index (Phi) is 8.50. The third kappa shape index (κ3) is 8.59. The van der Waals surface area contributed by atoms with Crippen molar-refractivity contribution >= 4 is 5.96 Å². The van der Waals surface area contributed by atoms with Gasteiger partial charge in [-0.25, -0.2) is 0 Å². The average molecular weight is 363 g/mol. The fourth-order valence-corrected chi connectivity index (χ4v) is 2.02. The highest BCUT2D eigenvalue weighted by Gasteiger charge is 2.31. The van der Waals surface area contributed by atoms with E-state index in [2.05, 4.69) is 20.4 Å². The van der Waals surface area contributed by atoms with Crippen LogP contribution in [0.4, 0.5) is 13.2 Å². The van der Waals surface area contributed by atoms with Gasteiger partial charge in [-0.15, -0.1) is 13.2 Å². The second kappa shape index (κ2) is 10.1. The minimum Gasteiger partial charge on any atom is -0.406 e. The van der Waals surface area contributed by atoms with E-state index in [9.17, 15) is 18.3 Å². The summed E-state index contributed by atoms with van der Waals surface area (Å²) in [6.45, 7) is 5.02. The Morgan fingerprint density at radius 3 is 2.44 bits per heavy atom. The van der Waals surface area contributed by atoms with Crippen molar-refractivity contribution in [3.63, 3.8) is 0 Å². The van der Waals surface area contributed by atoms with Gasteiger partial charge in [0.2, 0.25) is 0 Å². The number of aliphatic hydroxyl groups is 1. The lowest BCUT2D eigenvalue weighted by Crippen LogP contribution is -2.44. The predicted octanol–water partition coefficient (Wildman–Crippen LogP) is 2.21. The molecule has 0 bridgehead atoms. The van der Waals surface area contributed by atoms with E-state index in [1.807, 2.05) is 13.8 Å². The van der Waals surface area contributed by atoms with Crippen LogP contribution >= 0.6 is 0 Å². The van der Waals surface area contributed by atoms with Crippen molar-refractivity contribution in [2.75, 3.05) is 26.8 Å². The van der Waals surface area contributed by atoms with E-state index < -0.39 is 12.5 Å². The first kappa shape index (κ1) is 21.0. The molecule has 1 aromatic carbocycles. The second-order valence-electron chi connectivity index (χ2n) is 5.35. The molecule has 2 unspecified atom stereocenters. The molecule has 0 saturated carbocycles. The van der Waals surface area contributed by atoms with Gasteiger partial charge in [0.05, 0.1) is 19.3 Å². The van der Waals surface area contributed by atoms with E-state index in [0.717, 1.165) is 12.1 Å². The molecule has 6 nitrogen and oxygen atoms in total. The number of benzene rings is 1. The summed E-state index contributed by atoms with van der Waals surface area (Å²) < 4.78 is 45.2. The van der Waals surface area contributed by atoms with Crippen molar-refractivity contribution in [3.05, 3.63) is 29.8 Å². The molecule has 0 aliphatic heterocycles. The van der Waals surface area contributed by atoms with Crippen LogP contribution in [-0.4, -0.2) is 50.3 Å². The van der Waals surface area contributed by atoms with Crippen LogP contribution in [-0.2, 0) is 4.74 Å². The minimum atomic E-state index is -4.74. The summed E-state index contributed by atoms with van der Waals surface area (Å²) in [7, 11) is 1.60. The zero-order valence-corrected chi connectivity index (χ0v) is 14.4. The minimum absolute atomic E-state index is 0.0266. The number of hydrogen-bond acceptors (Lipinski definition) is 4. The van der Waals surface area contributed by atoms with Gasteiger partial charge in [-0.2, -0.15) is 0 Å². The lowest BCUT2D eigenvalue weighted by Gasteiger charge is -2.18. The fraction of sp³-hybridized carbons (Fsp3) is 0.562. The van der Waals surface area contributed by atoms with Crippen LogP contribution in [0.5, 0.6) is 5.75 Å². The molecule has 0 heterocycles. The summed E-state index contributed by atoms with van der Waals surface area (Å²) in [5.41, 5.74) is 0.444. The molecule has 1 rings (SSSR count). The van der Waals surface area contributed by atoms with Gasteiger partial charge < -0.3 is 25.2 Å². The fourth-order valence-electron chi connectivity index (χ4n) is 2.02. The van der Waals surface area contributed by atoms with Crippen molar-refractivity contribution in [1.29, 1.82) is 0 Å². The molecular weight excluding hydrogens is 339 g/mol. The molecule has 0 radical (unpaired) electrons. The van der Waals surface area contributed by atoms with Crippen LogP contribution in [0.1, 0.15) is 25.5 Å². The molecule has 0 amide bonds. The van der Waals surface area contributed by atoms with Crippen molar-refractivity contribution in [3.8, 4) is 5.75 Å². The Morgan fingerprint density at radius 1 is 1.28 bits per heavy atom. The number of nitrogens with one attached hydrogen (secondary N) is 2. The largest absolute Gasteiger partial charge is 0.573 e. The summed E-state index contributed by atoms with van der Waals surface area (Å²) in [4.78, 5) is 4.27. The summed E-state index contributed by atoms with van der Waals surface area (Å²) >= 11 is 0. The van der Waals surface area contributed by atoms with E-state index in [4.69, 9.17) is 4.74 Å². The summed E-state index contributed by atoms with van der Waals surface area (Å²) in [6, 6.07) is 5.07. The quantitative estimate of drug-likeness (QED) is 0.488. The highest BCUT2D eigenvalue weighted by Crippen LogP contribution is 2.24. The van der Waals surface area contributed by atoms with Crippen molar-refractivity contribution in [2.24, 2.45) is 4.99 Å². The van der Waals surface area contributed by atoms with Crippen LogP contribution < -0.4 is 15.4 Å². The Hall–Kier alpha value is -2.00. The number of guanidine groups is 1. The molecule has 9 heteroatoms. The zero-order valence-electron chi connectivity index (χ0n) is 14.4. The lowest BCUT2D eigenvalue weighted by atomic mass is 10.1. The van der Waals surface area contributed by atoms with E-state index in [1.165, 1.54) is 12.1 Å². The number of hydrogen-bond donors (Lipinski definition) is 3. The van der Waals surface area contributed by atoms with Gasteiger partial charge in [0.15, 0.2) is 5.96 Å². The highest BCUT2D eigenvalue weighted by molar-refractivity contribution is 5.80.